The van der Waals surface area contributed by atoms with Crippen molar-refractivity contribution in [3.05, 3.63) is 64.5 Å². The van der Waals surface area contributed by atoms with Gasteiger partial charge in [-0.05, 0) is 24.3 Å². The van der Waals surface area contributed by atoms with E-state index in [0.717, 1.165) is 53.3 Å². The zero-order valence-electron chi connectivity index (χ0n) is 14.6. The van der Waals surface area contributed by atoms with E-state index in [4.69, 9.17) is 21.3 Å². The molecule has 0 amide bonds. The summed E-state index contributed by atoms with van der Waals surface area (Å²) < 4.78 is 5.45. The smallest absolute Gasteiger partial charge is 0.186 e. The molecule has 0 spiro atoms. The molecule has 2 heterocycles. The lowest BCUT2D eigenvalue weighted by atomic mass is 10.1. The largest absolute Gasteiger partial charge is 0.378 e. The van der Waals surface area contributed by atoms with Gasteiger partial charge in [0.15, 0.2) is 5.13 Å². The summed E-state index contributed by atoms with van der Waals surface area (Å²) in [5.74, 6) is 0. The monoisotopic (exact) mass is 398 g/mol. The number of nitrogens with one attached hydrogen (secondary N) is 1. The maximum atomic E-state index is 5.92. The van der Waals surface area contributed by atoms with Crippen LogP contribution in [0.5, 0.6) is 0 Å². The molecule has 4 rings (SSSR count). The third-order valence-corrected chi connectivity index (χ3v) is 5.49. The quantitative estimate of drug-likeness (QED) is 0.498. The molecule has 0 bridgehead atoms. The topological polar surface area (TPSA) is 49.8 Å². The number of hydrogen-bond acceptors (Lipinski definition) is 6. The molecule has 2 aromatic carbocycles. The Morgan fingerprint density at radius 1 is 1.07 bits per heavy atom. The average Bonchev–Trinajstić information content (AvgIpc) is 3.15. The number of ether oxygens (including phenoxy) is 1. The standard InChI is InChI=1S/C20H19ClN4OS/c21-16-6-8-17(9-7-16)24-22-14-18-19(15-4-2-1-3-5-15)23-20(27-18)25-10-12-26-13-11-25/h1-9,14,24H,10-13H2/b22-14-. The van der Waals surface area contributed by atoms with E-state index >= 15 is 0 Å². The molecule has 138 valence electrons. The minimum Gasteiger partial charge on any atom is -0.378 e. The summed E-state index contributed by atoms with van der Waals surface area (Å²) >= 11 is 7.57. The van der Waals surface area contributed by atoms with Crippen molar-refractivity contribution >= 4 is 40.0 Å². The van der Waals surface area contributed by atoms with E-state index in [1.54, 1.807) is 11.3 Å². The zero-order chi connectivity index (χ0) is 18.5. The van der Waals surface area contributed by atoms with Crippen LogP contribution in [-0.2, 0) is 4.74 Å². The molecule has 0 radical (unpaired) electrons. The van der Waals surface area contributed by atoms with Gasteiger partial charge < -0.3 is 9.64 Å². The SMILES string of the molecule is Clc1ccc(N/N=C\c2sc(N3CCOCC3)nc2-c2ccccc2)cc1. The molecule has 0 saturated carbocycles. The van der Waals surface area contributed by atoms with Crippen molar-refractivity contribution < 1.29 is 4.74 Å². The second kappa shape index (κ2) is 8.52. The third-order valence-electron chi connectivity index (χ3n) is 4.19. The summed E-state index contributed by atoms with van der Waals surface area (Å²) in [5, 5.41) is 6.10. The van der Waals surface area contributed by atoms with Crippen LogP contribution in [0.25, 0.3) is 11.3 Å². The Morgan fingerprint density at radius 3 is 2.56 bits per heavy atom. The van der Waals surface area contributed by atoms with Crippen molar-refractivity contribution in [2.45, 2.75) is 0 Å². The highest BCUT2D eigenvalue weighted by Gasteiger charge is 2.18. The molecule has 1 aromatic heterocycles. The molecule has 5 nitrogen and oxygen atoms in total. The highest BCUT2D eigenvalue weighted by Crippen LogP contribution is 2.32. The molecule has 1 fully saturated rings. The fourth-order valence-electron chi connectivity index (χ4n) is 2.79. The summed E-state index contributed by atoms with van der Waals surface area (Å²) in [6.07, 6.45) is 1.83. The fourth-order valence-corrected chi connectivity index (χ4v) is 3.93. The predicted octanol–water partition coefficient (Wildman–Crippen LogP) is 4.75. The highest BCUT2D eigenvalue weighted by atomic mass is 35.5. The van der Waals surface area contributed by atoms with Gasteiger partial charge in [0.25, 0.3) is 0 Å². The molecule has 0 unspecified atom stereocenters. The minimum atomic E-state index is 0.702. The number of thiazole rings is 1. The van der Waals surface area contributed by atoms with Gasteiger partial charge in [0.2, 0.25) is 0 Å². The first-order valence-electron chi connectivity index (χ1n) is 8.73. The Balaban J connectivity index is 1.60. The van der Waals surface area contributed by atoms with Crippen LogP contribution in [0, 0.1) is 0 Å². The van der Waals surface area contributed by atoms with E-state index in [-0.39, 0.29) is 0 Å². The van der Waals surface area contributed by atoms with E-state index < -0.39 is 0 Å². The van der Waals surface area contributed by atoms with Crippen LogP contribution in [0.2, 0.25) is 5.02 Å². The Kier molecular flexibility index (Phi) is 5.67. The van der Waals surface area contributed by atoms with Gasteiger partial charge >= 0.3 is 0 Å². The van der Waals surface area contributed by atoms with Gasteiger partial charge in [-0.3, -0.25) is 5.43 Å². The number of hydrogen-bond donors (Lipinski definition) is 1. The molecule has 7 heteroatoms. The lowest BCUT2D eigenvalue weighted by Crippen LogP contribution is -2.36. The fraction of sp³-hybridized carbons (Fsp3) is 0.200. The number of benzene rings is 2. The summed E-state index contributed by atoms with van der Waals surface area (Å²) in [5.41, 5.74) is 5.96. The van der Waals surface area contributed by atoms with Crippen molar-refractivity contribution in [1.82, 2.24) is 4.98 Å². The van der Waals surface area contributed by atoms with Gasteiger partial charge in [-0.2, -0.15) is 5.10 Å². The van der Waals surface area contributed by atoms with E-state index in [1.165, 1.54) is 0 Å². The number of rotatable bonds is 5. The van der Waals surface area contributed by atoms with Crippen LogP contribution < -0.4 is 10.3 Å². The van der Waals surface area contributed by atoms with E-state index in [2.05, 4.69) is 27.6 Å². The first-order valence-corrected chi connectivity index (χ1v) is 9.92. The molecule has 27 heavy (non-hydrogen) atoms. The zero-order valence-corrected chi connectivity index (χ0v) is 16.2. The van der Waals surface area contributed by atoms with Crippen LogP contribution in [0.15, 0.2) is 59.7 Å². The van der Waals surface area contributed by atoms with E-state index in [1.807, 2.05) is 48.7 Å². The number of aromatic nitrogens is 1. The summed E-state index contributed by atoms with van der Waals surface area (Å²) in [4.78, 5) is 8.18. The van der Waals surface area contributed by atoms with Crippen molar-refractivity contribution in [2.75, 3.05) is 36.6 Å². The number of nitrogens with zero attached hydrogens (tertiary/aromatic N) is 3. The first kappa shape index (κ1) is 18.0. The summed E-state index contributed by atoms with van der Waals surface area (Å²) in [6, 6.07) is 17.6. The Hall–Kier alpha value is -2.41. The van der Waals surface area contributed by atoms with Gasteiger partial charge in [0.05, 0.1) is 35.7 Å². The average molecular weight is 399 g/mol. The Labute approximate surface area is 167 Å². The molecule has 0 atom stereocenters. The molecular weight excluding hydrogens is 380 g/mol. The summed E-state index contributed by atoms with van der Waals surface area (Å²) in [6.45, 7) is 3.20. The van der Waals surface area contributed by atoms with E-state index in [9.17, 15) is 0 Å². The van der Waals surface area contributed by atoms with Crippen LogP contribution in [0.4, 0.5) is 10.8 Å². The maximum Gasteiger partial charge on any atom is 0.186 e. The first-order chi connectivity index (χ1) is 13.3. The molecule has 3 aromatic rings. The predicted molar refractivity (Wildman–Crippen MR) is 113 cm³/mol. The lowest BCUT2D eigenvalue weighted by Gasteiger charge is -2.26. The number of halogens is 1. The number of morpholine rings is 1. The van der Waals surface area contributed by atoms with Crippen LogP contribution in [0.3, 0.4) is 0 Å². The van der Waals surface area contributed by atoms with Gasteiger partial charge in [0, 0.05) is 23.7 Å². The van der Waals surface area contributed by atoms with Gasteiger partial charge in [-0.15, -0.1) is 0 Å². The molecule has 1 aliphatic heterocycles. The molecule has 0 aliphatic carbocycles. The Morgan fingerprint density at radius 2 is 1.81 bits per heavy atom. The van der Waals surface area contributed by atoms with Crippen LogP contribution in [0.1, 0.15) is 4.88 Å². The van der Waals surface area contributed by atoms with Crippen LogP contribution in [-0.4, -0.2) is 37.5 Å². The maximum absolute atomic E-state index is 5.92. The van der Waals surface area contributed by atoms with Crippen molar-refractivity contribution in [3.63, 3.8) is 0 Å². The number of hydrazone groups is 1. The molecule has 1 saturated heterocycles. The minimum absolute atomic E-state index is 0.702. The van der Waals surface area contributed by atoms with Crippen LogP contribution >= 0.6 is 22.9 Å². The van der Waals surface area contributed by atoms with Gasteiger partial charge in [-0.1, -0.05) is 53.3 Å². The van der Waals surface area contributed by atoms with Gasteiger partial charge in [0.1, 0.15) is 0 Å². The van der Waals surface area contributed by atoms with Gasteiger partial charge in [-0.25, -0.2) is 4.98 Å². The Bertz CT molecular complexity index is 905. The van der Waals surface area contributed by atoms with Crippen molar-refractivity contribution in [1.29, 1.82) is 0 Å². The normalized spacial score (nSPS) is 14.6. The van der Waals surface area contributed by atoms with E-state index in [0.29, 0.717) is 5.02 Å². The lowest BCUT2D eigenvalue weighted by molar-refractivity contribution is 0.122. The molecule has 1 aliphatic rings. The number of anilines is 2. The highest BCUT2D eigenvalue weighted by molar-refractivity contribution is 7.17. The summed E-state index contributed by atoms with van der Waals surface area (Å²) in [7, 11) is 0. The molecule has 1 N–H and O–H groups in total. The second-order valence-electron chi connectivity index (χ2n) is 6.05. The third kappa shape index (κ3) is 4.47. The van der Waals surface area contributed by atoms with Crippen molar-refractivity contribution in [3.8, 4) is 11.3 Å². The second-order valence-corrected chi connectivity index (χ2v) is 7.50. The van der Waals surface area contributed by atoms with Crippen molar-refractivity contribution in [2.24, 2.45) is 5.10 Å². The molecular formula is C20H19ClN4OS.